The molecule has 2 aromatic rings. The molecule has 3 amide bonds. The van der Waals surface area contributed by atoms with Crippen molar-refractivity contribution in [2.75, 3.05) is 18.1 Å². The molecule has 2 fully saturated rings. The smallest absolute Gasteiger partial charge is 0.257 e. The molecule has 0 saturated carbocycles. The quantitative estimate of drug-likeness (QED) is 0.605. The van der Waals surface area contributed by atoms with E-state index in [-0.39, 0.29) is 42.0 Å². The van der Waals surface area contributed by atoms with Crippen molar-refractivity contribution in [2.24, 2.45) is 5.14 Å². The van der Waals surface area contributed by atoms with E-state index in [9.17, 15) is 22.8 Å². The predicted octanol–water partition coefficient (Wildman–Crippen LogP) is 1.22. The topological polar surface area (TPSA) is 127 Å². The number of anilines is 1. The molecule has 33 heavy (non-hydrogen) atoms. The van der Waals surface area contributed by atoms with Crippen LogP contribution in [-0.4, -0.2) is 56.3 Å². The summed E-state index contributed by atoms with van der Waals surface area (Å²) in [6.07, 6.45) is 1.43. The van der Waals surface area contributed by atoms with Gasteiger partial charge in [0.25, 0.3) is 5.91 Å². The number of sulfonamides is 1. The number of carbonyl (C=O) groups is 3. The molecule has 0 bridgehead atoms. The van der Waals surface area contributed by atoms with Gasteiger partial charge in [0.2, 0.25) is 21.8 Å². The maximum atomic E-state index is 13.3. The van der Waals surface area contributed by atoms with Crippen LogP contribution in [0.5, 0.6) is 0 Å². The molecule has 2 atom stereocenters. The standard InChI is InChI=1S/C23H25N3O6S/c24-33(30,31)19-10-8-17(9-11-19)26-22(28)14-20(23(26)29)25(15-18-7-4-12-32-18)21(27)13-16-5-2-1-3-6-16/h1-3,5-6,8-11,18,20H,4,7,12-15H2,(H2,24,30,31). The molecule has 9 nitrogen and oxygen atoms in total. The monoisotopic (exact) mass is 471 g/mol. The van der Waals surface area contributed by atoms with E-state index in [1.165, 1.54) is 29.2 Å². The molecule has 4 rings (SSSR count). The van der Waals surface area contributed by atoms with Crippen LogP contribution < -0.4 is 10.0 Å². The lowest BCUT2D eigenvalue weighted by Crippen LogP contribution is -2.49. The number of imide groups is 1. The summed E-state index contributed by atoms with van der Waals surface area (Å²) in [5, 5.41) is 5.12. The molecule has 0 radical (unpaired) electrons. The molecule has 2 heterocycles. The zero-order chi connectivity index (χ0) is 23.6. The number of nitrogens with zero attached hydrogens (tertiary/aromatic N) is 2. The van der Waals surface area contributed by atoms with Crippen molar-refractivity contribution in [1.29, 1.82) is 0 Å². The fourth-order valence-electron chi connectivity index (χ4n) is 4.20. The van der Waals surface area contributed by atoms with E-state index in [2.05, 4.69) is 0 Å². The zero-order valence-electron chi connectivity index (χ0n) is 17.9. The molecule has 2 unspecified atom stereocenters. The van der Waals surface area contributed by atoms with Gasteiger partial charge >= 0.3 is 0 Å². The van der Waals surface area contributed by atoms with Crippen molar-refractivity contribution < 1.29 is 27.5 Å². The minimum absolute atomic E-state index is 0.106. The summed E-state index contributed by atoms with van der Waals surface area (Å²) >= 11 is 0. The number of carbonyl (C=O) groups excluding carboxylic acids is 3. The SMILES string of the molecule is NS(=O)(=O)c1ccc(N2C(=O)CC(N(CC3CCCO3)C(=O)Cc3ccccc3)C2=O)cc1. The molecular formula is C23H25N3O6S. The van der Waals surface area contributed by atoms with Crippen LogP contribution in [0.3, 0.4) is 0 Å². The van der Waals surface area contributed by atoms with Crippen LogP contribution in [0.25, 0.3) is 0 Å². The van der Waals surface area contributed by atoms with Gasteiger partial charge in [-0.1, -0.05) is 30.3 Å². The summed E-state index contributed by atoms with van der Waals surface area (Å²) in [6, 6.07) is 13.4. The first-order chi connectivity index (χ1) is 15.7. The first-order valence-electron chi connectivity index (χ1n) is 10.7. The number of rotatable bonds is 7. The maximum Gasteiger partial charge on any atom is 0.257 e. The van der Waals surface area contributed by atoms with Crippen molar-refractivity contribution in [1.82, 2.24) is 4.90 Å². The van der Waals surface area contributed by atoms with Crippen LogP contribution in [0, 0.1) is 0 Å². The van der Waals surface area contributed by atoms with E-state index in [0.29, 0.717) is 6.61 Å². The van der Waals surface area contributed by atoms with Gasteiger partial charge in [-0.15, -0.1) is 0 Å². The van der Waals surface area contributed by atoms with E-state index in [4.69, 9.17) is 9.88 Å². The highest BCUT2D eigenvalue weighted by Crippen LogP contribution is 2.28. The van der Waals surface area contributed by atoms with Gasteiger partial charge in [-0.3, -0.25) is 14.4 Å². The van der Waals surface area contributed by atoms with E-state index in [1.807, 2.05) is 30.3 Å². The molecular weight excluding hydrogens is 446 g/mol. The lowest BCUT2D eigenvalue weighted by atomic mass is 10.1. The van der Waals surface area contributed by atoms with Crippen molar-refractivity contribution in [3.05, 3.63) is 60.2 Å². The molecule has 2 aromatic carbocycles. The average molecular weight is 472 g/mol. The Morgan fingerprint density at radius 3 is 2.39 bits per heavy atom. The predicted molar refractivity (Wildman–Crippen MR) is 120 cm³/mol. The highest BCUT2D eigenvalue weighted by molar-refractivity contribution is 7.89. The van der Waals surface area contributed by atoms with Gasteiger partial charge < -0.3 is 9.64 Å². The molecule has 0 aliphatic carbocycles. The summed E-state index contributed by atoms with van der Waals surface area (Å²) in [5.74, 6) is -1.24. The fraction of sp³-hybridized carbons (Fsp3) is 0.348. The second kappa shape index (κ2) is 9.42. The van der Waals surface area contributed by atoms with Crippen LogP contribution in [0.2, 0.25) is 0 Å². The third-order valence-corrected chi connectivity index (χ3v) is 6.79. The largest absolute Gasteiger partial charge is 0.376 e. The average Bonchev–Trinajstić information content (AvgIpc) is 3.39. The molecule has 2 saturated heterocycles. The Balaban J connectivity index is 1.58. The third-order valence-electron chi connectivity index (χ3n) is 5.87. The highest BCUT2D eigenvalue weighted by atomic mass is 32.2. The Morgan fingerprint density at radius 1 is 1.09 bits per heavy atom. The summed E-state index contributed by atoms with van der Waals surface area (Å²) in [4.78, 5) is 41.7. The van der Waals surface area contributed by atoms with Crippen molar-refractivity contribution in [3.63, 3.8) is 0 Å². The third kappa shape index (κ3) is 5.13. The second-order valence-electron chi connectivity index (χ2n) is 8.17. The van der Waals surface area contributed by atoms with E-state index >= 15 is 0 Å². The van der Waals surface area contributed by atoms with Gasteiger partial charge in [0.05, 0.1) is 29.5 Å². The first-order valence-corrected chi connectivity index (χ1v) is 12.2. The van der Waals surface area contributed by atoms with E-state index in [1.54, 1.807) is 0 Å². The lowest BCUT2D eigenvalue weighted by molar-refractivity contribution is -0.139. The molecule has 174 valence electrons. The zero-order valence-corrected chi connectivity index (χ0v) is 18.7. The highest BCUT2D eigenvalue weighted by Gasteiger charge is 2.45. The fourth-order valence-corrected chi connectivity index (χ4v) is 4.71. The van der Waals surface area contributed by atoms with E-state index in [0.717, 1.165) is 23.3 Å². The molecule has 0 aromatic heterocycles. The van der Waals surface area contributed by atoms with Gasteiger partial charge in [0.1, 0.15) is 6.04 Å². The van der Waals surface area contributed by atoms with Crippen molar-refractivity contribution >= 4 is 33.4 Å². The minimum Gasteiger partial charge on any atom is -0.376 e. The summed E-state index contributed by atoms with van der Waals surface area (Å²) in [6.45, 7) is 0.832. The number of primary sulfonamides is 1. The van der Waals surface area contributed by atoms with Gasteiger partial charge in [-0.05, 0) is 42.7 Å². The van der Waals surface area contributed by atoms with Crippen LogP contribution in [0.1, 0.15) is 24.8 Å². The van der Waals surface area contributed by atoms with Gasteiger partial charge in [-0.25, -0.2) is 18.5 Å². The summed E-state index contributed by atoms with van der Waals surface area (Å²) in [7, 11) is -3.90. The maximum absolute atomic E-state index is 13.3. The summed E-state index contributed by atoms with van der Waals surface area (Å²) in [5.41, 5.74) is 1.04. The normalized spacial score (nSPS) is 20.9. The Hall–Kier alpha value is -3.08. The molecule has 2 aliphatic heterocycles. The minimum atomic E-state index is -3.90. The van der Waals surface area contributed by atoms with Gasteiger partial charge in [-0.2, -0.15) is 0 Å². The van der Waals surface area contributed by atoms with Crippen LogP contribution >= 0.6 is 0 Å². The molecule has 2 aliphatic rings. The Bertz CT molecular complexity index is 1140. The van der Waals surface area contributed by atoms with Crippen LogP contribution in [-0.2, 0) is 35.6 Å². The molecule has 10 heteroatoms. The van der Waals surface area contributed by atoms with Crippen LogP contribution in [0.4, 0.5) is 5.69 Å². The van der Waals surface area contributed by atoms with Gasteiger partial charge in [0.15, 0.2) is 0 Å². The van der Waals surface area contributed by atoms with Gasteiger partial charge in [0, 0.05) is 13.2 Å². The second-order valence-corrected chi connectivity index (χ2v) is 9.73. The number of ether oxygens (including phenoxy) is 1. The Kier molecular flexibility index (Phi) is 6.59. The number of nitrogens with two attached hydrogens (primary N) is 1. The molecule has 0 spiro atoms. The molecule has 2 N–H and O–H groups in total. The number of benzene rings is 2. The lowest BCUT2D eigenvalue weighted by Gasteiger charge is -2.30. The van der Waals surface area contributed by atoms with Crippen molar-refractivity contribution in [3.8, 4) is 0 Å². The Labute approximate surface area is 192 Å². The number of hydrogen-bond donors (Lipinski definition) is 1. The van der Waals surface area contributed by atoms with E-state index < -0.39 is 27.9 Å². The first kappa shape index (κ1) is 23.1. The Morgan fingerprint density at radius 2 is 1.79 bits per heavy atom. The summed E-state index contributed by atoms with van der Waals surface area (Å²) < 4.78 is 28.7. The van der Waals surface area contributed by atoms with Crippen LogP contribution in [0.15, 0.2) is 59.5 Å². The van der Waals surface area contributed by atoms with Crippen molar-refractivity contribution in [2.45, 2.75) is 42.7 Å². The number of hydrogen-bond acceptors (Lipinski definition) is 6. The number of amides is 3.